The molecule has 0 bridgehead atoms. The first kappa shape index (κ1) is 20.0. The highest BCUT2D eigenvalue weighted by Gasteiger charge is 2.15. The van der Waals surface area contributed by atoms with Gasteiger partial charge in [-0.05, 0) is 21.9 Å². The highest BCUT2D eigenvalue weighted by molar-refractivity contribution is 7.99. The molecule has 0 unspecified atom stereocenters. The maximum Gasteiger partial charge on any atom is 0.233 e. The van der Waals surface area contributed by atoms with Crippen LogP contribution in [0.25, 0.3) is 10.8 Å². The fourth-order valence-electron chi connectivity index (χ4n) is 3.33. The zero-order chi connectivity index (χ0) is 20.9. The third-order valence-corrected chi connectivity index (χ3v) is 5.90. The van der Waals surface area contributed by atoms with Gasteiger partial charge in [0.05, 0.1) is 5.75 Å². The standard InChI is InChI=1S/C23H23N5OS/c1-27(15-17-8-3-2-4-9-17)22(29)16-30-23-26-25-21(28(23)24)14-19-12-7-11-18-10-5-6-13-20(18)19/h2-13H,14-16,24H2,1H3. The van der Waals surface area contributed by atoms with Crippen molar-refractivity contribution >= 4 is 28.4 Å². The highest BCUT2D eigenvalue weighted by atomic mass is 32.2. The molecule has 0 fully saturated rings. The third-order valence-electron chi connectivity index (χ3n) is 4.98. The molecular weight excluding hydrogens is 394 g/mol. The number of benzene rings is 3. The molecule has 7 heteroatoms. The first-order valence-electron chi connectivity index (χ1n) is 9.68. The largest absolute Gasteiger partial charge is 0.341 e. The molecule has 0 saturated carbocycles. The number of fused-ring (bicyclic) bond motifs is 1. The Balaban J connectivity index is 1.40. The van der Waals surface area contributed by atoms with Gasteiger partial charge in [-0.3, -0.25) is 4.79 Å². The predicted octanol–water partition coefficient (Wildman–Crippen LogP) is 3.49. The van der Waals surface area contributed by atoms with Crippen molar-refractivity contribution < 1.29 is 4.79 Å². The molecule has 1 aromatic heterocycles. The quantitative estimate of drug-likeness (QED) is 0.368. The van der Waals surface area contributed by atoms with E-state index in [0.29, 0.717) is 23.9 Å². The monoisotopic (exact) mass is 417 g/mol. The van der Waals surface area contributed by atoms with Crippen molar-refractivity contribution in [1.82, 2.24) is 19.8 Å². The number of nitrogens with two attached hydrogens (primary N) is 1. The van der Waals surface area contributed by atoms with E-state index in [1.807, 2.05) is 48.5 Å². The van der Waals surface area contributed by atoms with E-state index in [-0.39, 0.29) is 11.7 Å². The van der Waals surface area contributed by atoms with Crippen LogP contribution in [0.5, 0.6) is 0 Å². The molecule has 1 heterocycles. The summed E-state index contributed by atoms with van der Waals surface area (Å²) in [6.45, 7) is 0.571. The summed E-state index contributed by atoms with van der Waals surface area (Å²) in [4.78, 5) is 14.2. The summed E-state index contributed by atoms with van der Waals surface area (Å²) in [6, 6.07) is 24.3. The Hall–Kier alpha value is -3.32. The van der Waals surface area contributed by atoms with Gasteiger partial charge in [-0.2, -0.15) is 0 Å². The van der Waals surface area contributed by atoms with Crippen LogP contribution in [-0.4, -0.2) is 38.5 Å². The number of amides is 1. The van der Waals surface area contributed by atoms with Gasteiger partial charge in [0.2, 0.25) is 11.1 Å². The molecule has 0 aliphatic carbocycles. The second-order valence-corrected chi connectivity index (χ2v) is 8.05. The van der Waals surface area contributed by atoms with Crippen LogP contribution in [0.2, 0.25) is 0 Å². The van der Waals surface area contributed by atoms with Crippen LogP contribution in [0.4, 0.5) is 0 Å². The molecule has 4 rings (SSSR count). The van der Waals surface area contributed by atoms with Gasteiger partial charge in [0.15, 0.2) is 5.82 Å². The van der Waals surface area contributed by atoms with Crippen molar-refractivity contribution in [2.75, 3.05) is 18.6 Å². The van der Waals surface area contributed by atoms with Crippen LogP contribution < -0.4 is 5.84 Å². The summed E-state index contributed by atoms with van der Waals surface area (Å²) >= 11 is 1.30. The number of aromatic nitrogens is 3. The summed E-state index contributed by atoms with van der Waals surface area (Å²) in [5.41, 5.74) is 2.24. The van der Waals surface area contributed by atoms with Gasteiger partial charge in [0, 0.05) is 20.0 Å². The molecule has 0 atom stereocenters. The van der Waals surface area contributed by atoms with E-state index < -0.39 is 0 Å². The number of carbonyl (C=O) groups is 1. The Morgan fingerprint density at radius 1 is 1.00 bits per heavy atom. The predicted molar refractivity (Wildman–Crippen MR) is 121 cm³/mol. The van der Waals surface area contributed by atoms with E-state index in [0.717, 1.165) is 11.1 Å². The van der Waals surface area contributed by atoms with Crippen LogP contribution in [0, 0.1) is 0 Å². The van der Waals surface area contributed by atoms with Crippen molar-refractivity contribution in [3.63, 3.8) is 0 Å². The molecular formula is C23H23N5OS. The summed E-state index contributed by atoms with van der Waals surface area (Å²) in [6.07, 6.45) is 0.577. The summed E-state index contributed by atoms with van der Waals surface area (Å²) < 4.78 is 1.48. The minimum atomic E-state index is 0.0162. The zero-order valence-corrected chi connectivity index (χ0v) is 17.5. The molecule has 2 N–H and O–H groups in total. The molecule has 3 aromatic carbocycles. The lowest BCUT2D eigenvalue weighted by Crippen LogP contribution is -2.28. The Bertz CT molecular complexity index is 1150. The number of rotatable bonds is 7. The number of hydrogen-bond acceptors (Lipinski definition) is 5. The summed E-state index contributed by atoms with van der Waals surface area (Å²) in [7, 11) is 1.80. The lowest BCUT2D eigenvalue weighted by atomic mass is 10.0. The van der Waals surface area contributed by atoms with Crippen molar-refractivity contribution in [3.8, 4) is 0 Å². The molecule has 0 aliphatic heterocycles. The number of nitrogens with zero attached hydrogens (tertiary/aromatic N) is 4. The lowest BCUT2D eigenvalue weighted by Gasteiger charge is -2.16. The molecule has 4 aromatic rings. The van der Waals surface area contributed by atoms with E-state index in [9.17, 15) is 4.79 Å². The molecule has 0 saturated heterocycles. The molecule has 6 nitrogen and oxygen atoms in total. The van der Waals surface area contributed by atoms with E-state index in [1.165, 1.54) is 27.2 Å². The normalized spacial score (nSPS) is 11.0. The number of nitrogen functional groups attached to an aromatic ring is 1. The average Bonchev–Trinajstić information content (AvgIpc) is 3.12. The first-order valence-corrected chi connectivity index (χ1v) is 10.7. The smallest absolute Gasteiger partial charge is 0.233 e. The highest BCUT2D eigenvalue weighted by Crippen LogP contribution is 2.22. The second-order valence-electron chi connectivity index (χ2n) is 7.11. The Morgan fingerprint density at radius 3 is 2.57 bits per heavy atom. The van der Waals surface area contributed by atoms with Crippen molar-refractivity contribution in [1.29, 1.82) is 0 Å². The van der Waals surface area contributed by atoms with E-state index in [1.54, 1.807) is 11.9 Å². The number of thioether (sulfide) groups is 1. The van der Waals surface area contributed by atoms with E-state index >= 15 is 0 Å². The van der Waals surface area contributed by atoms with Crippen molar-refractivity contribution in [3.05, 3.63) is 89.7 Å². The Kier molecular flexibility index (Phi) is 5.99. The summed E-state index contributed by atoms with van der Waals surface area (Å²) in [5, 5.41) is 11.3. The molecule has 152 valence electrons. The van der Waals surface area contributed by atoms with Gasteiger partial charge in [-0.1, -0.05) is 84.6 Å². The van der Waals surface area contributed by atoms with Gasteiger partial charge in [0.25, 0.3) is 0 Å². The second kappa shape index (κ2) is 9.00. The Labute approximate surface area is 179 Å². The SMILES string of the molecule is CN(Cc1ccccc1)C(=O)CSc1nnc(Cc2cccc3ccccc23)n1N. The lowest BCUT2D eigenvalue weighted by molar-refractivity contribution is -0.127. The average molecular weight is 418 g/mol. The summed E-state index contributed by atoms with van der Waals surface area (Å²) in [5.74, 6) is 7.17. The van der Waals surface area contributed by atoms with Gasteiger partial charge < -0.3 is 10.7 Å². The van der Waals surface area contributed by atoms with Crippen LogP contribution >= 0.6 is 11.8 Å². The molecule has 1 amide bonds. The van der Waals surface area contributed by atoms with Crippen LogP contribution in [0.15, 0.2) is 78.0 Å². The molecule has 30 heavy (non-hydrogen) atoms. The van der Waals surface area contributed by atoms with Crippen molar-refractivity contribution in [2.45, 2.75) is 18.1 Å². The van der Waals surface area contributed by atoms with Gasteiger partial charge in [-0.25, -0.2) is 4.68 Å². The van der Waals surface area contributed by atoms with Crippen LogP contribution in [0.3, 0.4) is 0 Å². The first-order chi connectivity index (χ1) is 14.6. The number of hydrogen-bond donors (Lipinski definition) is 1. The minimum Gasteiger partial charge on any atom is -0.341 e. The maximum absolute atomic E-state index is 12.5. The fraction of sp³-hybridized carbons (Fsp3) is 0.174. The Morgan fingerprint density at radius 2 is 1.73 bits per heavy atom. The van der Waals surface area contributed by atoms with Crippen LogP contribution in [-0.2, 0) is 17.8 Å². The maximum atomic E-state index is 12.5. The fourth-order valence-corrected chi connectivity index (χ4v) is 4.14. The van der Waals surface area contributed by atoms with E-state index in [4.69, 9.17) is 5.84 Å². The van der Waals surface area contributed by atoms with Gasteiger partial charge in [0.1, 0.15) is 0 Å². The topological polar surface area (TPSA) is 77.0 Å². The van der Waals surface area contributed by atoms with Crippen molar-refractivity contribution in [2.24, 2.45) is 0 Å². The molecule has 0 aliphatic rings. The number of carbonyl (C=O) groups excluding carboxylic acids is 1. The third kappa shape index (κ3) is 4.46. The van der Waals surface area contributed by atoms with Gasteiger partial charge >= 0.3 is 0 Å². The zero-order valence-electron chi connectivity index (χ0n) is 16.7. The van der Waals surface area contributed by atoms with E-state index in [2.05, 4.69) is 34.5 Å². The molecule has 0 spiro atoms. The van der Waals surface area contributed by atoms with Gasteiger partial charge in [-0.15, -0.1) is 10.2 Å². The van der Waals surface area contributed by atoms with Crippen LogP contribution in [0.1, 0.15) is 17.0 Å². The molecule has 0 radical (unpaired) electrons. The minimum absolute atomic E-state index is 0.0162.